The van der Waals surface area contributed by atoms with Crippen LogP contribution >= 0.6 is 0 Å². The topological polar surface area (TPSA) is 125 Å². The quantitative estimate of drug-likeness (QED) is 0.245. The summed E-state index contributed by atoms with van der Waals surface area (Å²) in [6.07, 6.45) is 10.8. The second-order valence-corrected chi connectivity index (χ2v) is 11.1. The van der Waals surface area contributed by atoms with Crippen LogP contribution in [0.1, 0.15) is 57.6 Å². The molecule has 1 aliphatic heterocycles. The highest BCUT2D eigenvalue weighted by Gasteiger charge is 2.24. The molecule has 3 heterocycles. The summed E-state index contributed by atoms with van der Waals surface area (Å²) >= 11 is 0. The number of hydrogen-bond donors (Lipinski definition) is 3. The van der Waals surface area contributed by atoms with Crippen LogP contribution < -0.4 is 20.9 Å². The number of amides is 1. The summed E-state index contributed by atoms with van der Waals surface area (Å²) in [5.41, 5.74) is 1.72. The number of nitrogens with zero attached hydrogens (tertiary/aromatic N) is 7. The molecule has 0 bridgehead atoms. The smallest absolute Gasteiger partial charge is 0.409 e. The van der Waals surface area contributed by atoms with E-state index in [1.807, 2.05) is 42.1 Å². The van der Waals surface area contributed by atoms with E-state index in [0.717, 1.165) is 67.5 Å². The Morgan fingerprint density at radius 1 is 1.00 bits per heavy atom. The Balaban J connectivity index is 1.06. The van der Waals surface area contributed by atoms with Crippen LogP contribution in [-0.2, 0) is 17.8 Å². The van der Waals surface area contributed by atoms with Crippen LogP contribution in [0.3, 0.4) is 0 Å². The third-order valence-corrected chi connectivity index (χ3v) is 8.01. The number of benzene rings is 1. The molecule has 2 fully saturated rings. The zero-order valence-corrected chi connectivity index (χ0v) is 24.9. The number of anilines is 2. The third-order valence-electron chi connectivity index (χ3n) is 8.01. The van der Waals surface area contributed by atoms with Crippen molar-refractivity contribution in [2.75, 3.05) is 62.6 Å². The van der Waals surface area contributed by atoms with Gasteiger partial charge < -0.3 is 30.5 Å². The Labute approximate surface area is 248 Å². The lowest BCUT2D eigenvalue weighted by molar-refractivity contribution is 0.105. The fraction of sp³-hybridized carbons (Fsp3) is 0.633. The van der Waals surface area contributed by atoms with Crippen molar-refractivity contribution in [3.8, 4) is 0 Å². The van der Waals surface area contributed by atoms with E-state index >= 15 is 0 Å². The van der Waals surface area contributed by atoms with Gasteiger partial charge in [-0.25, -0.2) is 9.78 Å². The number of aromatic nitrogens is 5. The van der Waals surface area contributed by atoms with Crippen LogP contribution in [0.15, 0.2) is 30.5 Å². The molecule has 0 radical (unpaired) electrons. The van der Waals surface area contributed by atoms with Crippen molar-refractivity contribution in [3.63, 3.8) is 0 Å². The minimum atomic E-state index is -0.256. The predicted octanol–water partition coefficient (Wildman–Crippen LogP) is 3.40. The first-order valence-corrected chi connectivity index (χ1v) is 15.7. The molecule has 1 aromatic carbocycles. The molecule has 42 heavy (non-hydrogen) atoms. The van der Waals surface area contributed by atoms with Crippen molar-refractivity contribution in [2.45, 2.75) is 71.0 Å². The average Bonchev–Trinajstić information content (AvgIpc) is 3.49. The lowest BCUT2D eigenvalue weighted by Gasteiger charge is -2.35. The van der Waals surface area contributed by atoms with Crippen LogP contribution in [0.2, 0.25) is 0 Å². The summed E-state index contributed by atoms with van der Waals surface area (Å²) < 4.78 is 7.07. The average molecular weight is 579 g/mol. The number of hydrogen-bond acceptors (Lipinski definition) is 10. The van der Waals surface area contributed by atoms with Crippen molar-refractivity contribution < 1.29 is 9.53 Å². The first kappa shape index (κ1) is 30.0. The fourth-order valence-electron chi connectivity index (χ4n) is 5.71. The lowest BCUT2D eigenvalue weighted by Crippen LogP contribution is -2.49. The molecule has 1 aliphatic carbocycles. The van der Waals surface area contributed by atoms with Crippen LogP contribution in [0.25, 0.3) is 10.9 Å². The molecule has 12 nitrogen and oxygen atoms in total. The highest BCUT2D eigenvalue weighted by molar-refractivity contribution is 5.90. The van der Waals surface area contributed by atoms with E-state index in [1.54, 1.807) is 4.90 Å². The first-order valence-electron chi connectivity index (χ1n) is 15.7. The maximum Gasteiger partial charge on any atom is 0.409 e. The van der Waals surface area contributed by atoms with E-state index in [4.69, 9.17) is 14.7 Å². The summed E-state index contributed by atoms with van der Waals surface area (Å²) in [6, 6.07) is 8.76. The Morgan fingerprint density at radius 3 is 2.64 bits per heavy atom. The minimum Gasteiger partial charge on any atom is -0.450 e. The van der Waals surface area contributed by atoms with Crippen molar-refractivity contribution in [1.29, 1.82) is 0 Å². The van der Waals surface area contributed by atoms with E-state index in [2.05, 4.69) is 31.2 Å². The zero-order valence-electron chi connectivity index (χ0n) is 24.9. The fourth-order valence-corrected chi connectivity index (χ4v) is 5.71. The SMILES string of the molecule is CCOC(=O)N1CCN(c2nc(NCc3cn(CCCNCCCNC4CCCCC4)nn3)nc3ccccc23)CC1. The van der Waals surface area contributed by atoms with Gasteiger partial charge in [0.2, 0.25) is 5.95 Å². The number of para-hydroxylation sites is 1. The monoisotopic (exact) mass is 578 g/mol. The van der Waals surface area contributed by atoms with Gasteiger partial charge in [-0.15, -0.1) is 5.10 Å². The van der Waals surface area contributed by atoms with E-state index < -0.39 is 0 Å². The molecular weight excluding hydrogens is 532 g/mol. The molecule has 0 spiro atoms. The molecule has 3 N–H and O–H groups in total. The van der Waals surface area contributed by atoms with Gasteiger partial charge in [0.1, 0.15) is 11.5 Å². The molecule has 228 valence electrons. The van der Waals surface area contributed by atoms with Crippen molar-refractivity contribution >= 4 is 28.8 Å². The van der Waals surface area contributed by atoms with E-state index in [0.29, 0.717) is 45.3 Å². The molecular formula is C30H46N10O2. The molecule has 12 heteroatoms. The highest BCUT2D eigenvalue weighted by Crippen LogP contribution is 2.26. The van der Waals surface area contributed by atoms with Gasteiger partial charge in [-0.05, 0) is 64.4 Å². The van der Waals surface area contributed by atoms with Crippen molar-refractivity contribution in [3.05, 3.63) is 36.2 Å². The minimum absolute atomic E-state index is 0.256. The standard InChI is InChI=1S/C30H46N10O2/c1-2-42-30(41)39-20-18-38(19-21-39)28-26-12-6-7-13-27(26)34-29(35-28)33-22-25-23-40(37-36-25)17-9-15-31-14-8-16-32-24-10-4-3-5-11-24/h6-7,12-13,23-24,31-32H,2-5,8-11,14-22H2,1H3,(H,33,34,35). The Hall–Kier alpha value is -3.51. The summed E-state index contributed by atoms with van der Waals surface area (Å²) in [4.78, 5) is 25.7. The number of carbonyl (C=O) groups excluding carboxylic acids is 1. The number of aryl methyl sites for hydroxylation is 1. The third kappa shape index (κ3) is 8.51. The molecule has 2 aliphatic rings. The lowest BCUT2D eigenvalue weighted by atomic mass is 9.95. The number of rotatable bonds is 14. The highest BCUT2D eigenvalue weighted by atomic mass is 16.6. The van der Waals surface area contributed by atoms with E-state index in [-0.39, 0.29) is 6.09 Å². The van der Waals surface area contributed by atoms with Crippen LogP contribution in [0.4, 0.5) is 16.6 Å². The normalized spacial score (nSPS) is 16.2. The van der Waals surface area contributed by atoms with Crippen LogP contribution in [0.5, 0.6) is 0 Å². The van der Waals surface area contributed by atoms with Crippen LogP contribution in [0, 0.1) is 0 Å². The molecule has 2 aromatic heterocycles. The number of ether oxygens (including phenoxy) is 1. The number of nitrogens with one attached hydrogen (secondary N) is 3. The second kappa shape index (κ2) is 15.6. The zero-order chi connectivity index (χ0) is 29.0. The van der Waals surface area contributed by atoms with E-state index in [1.165, 1.54) is 32.1 Å². The number of carbonyl (C=O) groups is 1. The van der Waals surface area contributed by atoms with E-state index in [9.17, 15) is 4.79 Å². The molecule has 0 atom stereocenters. The molecule has 5 rings (SSSR count). The summed E-state index contributed by atoms with van der Waals surface area (Å²) in [7, 11) is 0. The number of piperazine rings is 1. The molecule has 1 saturated carbocycles. The van der Waals surface area contributed by atoms with Gasteiger partial charge in [0, 0.05) is 44.2 Å². The van der Waals surface area contributed by atoms with Gasteiger partial charge >= 0.3 is 6.09 Å². The Kier molecular flexibility index (Phi) is 11.2. The Morgan fingerprint density at radius 2 is 1.81 bits per heavy atom. The predicted molar refractivity (Wildman–Crippen MR) is 165 cm³/mol. The van der Waals surface area contributed by atoms with Gasteiger partial charge in [-0.3, -0.25) is 4.68 Å². The molecule has 3 aromatic rings. The maximum atomic E-state index is 12.1. The van der Waals surface area contributed by atoms with Gasteiger partial charge in [0.15, 0.2) is 0 Å². The molecule has 1 amide bonds. The first-order chi connectivity index (χ1) is 20.7. The Bertz CT molecular complexity index is 1250. The second-order valence-electron chi connectivity index (χ2n) is 11.1. The number of fused-ring (bicyclic) bond motifs is 1. The van der Waals surface area contributed by atoms with Crippen molar-refractivity contribution in [1.82, 2.24) is 40.5 Å². The summed E-state index contributed by atoms with van der Waals surface area (Å²) in [5, 5.41) is 20.2. The van der Waals surface area contributed by atoms with Crippen LogP contribution in [-0.4, -0.2) is 94.4 Å². The van der Waals surface area contributed by atoms with Gasteiger partial charge in [0.25, 0.3) is 0 Å². The van der Waals surface area contributed by atoms with Crippen molar-refractivity contribution in [2.24, 2.45) is 0 Å². The molecule has 1 saturated heterocycles. The van der Waals surface area contributed by atoms with Gasteiger partial charge in [-0.2, -0.15) is 4.98 Å². The van der Waals surface area contributed by atoms with Gasteiger partial charge in [-0.1, -0.05) is 36.6 Å². The maximum absolute atomic E-state index is 12.1. The van der Waals surface area contributed by atoms with Gasteiger partial charge in [0.05, 0.1) is 24.9 Å². The summed E-state index contributed by atoms with van der Waals surface area (Å²) in [5.74, 6) is 1.42. The molecule has 0 unspecified atom stereocenters. The largest absolute Gasteiger partial charge is 0.450 e. The summed E-state index contributed by atoms with van der Waals surface area (Å²) in [6.45, 7) is 9.19.